The summed E-state index contributed by atoms with van der Waals surface area (Å²) in [5.41, 5.74) is 0.464. The highest BCUT2D eigenvalue weighted by molar-refractivity contribution is 5.97. The molecule has 0 aromatic carbocycles. The minimum atomic E-state index is -0.989. The maximum Gasteiger partial charge on any atom is 0.327 e. The van der Waals surface area contributed by atoms with Crippen molar-refractivity contribution < 1.29 is 19.1 Å². The third kappa shape index (κ3) is 2.24. The van der Waals surface area contributed by atoms with Crippen LogP contribution in [0.15, 0.2) is 16.7 Å². The Kier molecular flexibility index (Phi) is 3.66. The molecule has 0 saturated carbocycles. The van der Waals surface area contributed by atoms with Crippen molar-refractivity contribution >= 4 is 11.9 Å². The molecule has 6 heteroatoms. The number of aryl methyl sites for hydroxylation is 1. The van der Waals surface area contributed by atoms with Gasteiger partial charge in [-0.2, -0.15) is 0 Å². The fraction of sp³-hybridized carbons (Fsp3) is 0.500. The lowest BCUT2D eigenvalue weighted by Crippen LogP contribution is -2.57. The Labute approximate surface area is 105 Å². The van der Waals surface area contributed by atoms with Crippen molar-refractivity contribution in [1.82, 2.24) is 10.2 Å². The topological polar surface area (TPSA) is 82.8 Å². The van der Waals surface area contributed by atoms with E-state index in [1.807, 2.05) is 6.92 Å². The van der Waals surface area contributed by atoms with Gasteiger partial charge in [-0.15, -0.1) is 0 Å². The predicted molar refractivity (Wildman–Crippen MR) is 63.4 cm³/mol. The first kappa shape index (κ1) is 12.6. The number of piperazine rings is 1. The number of amides is 1. The van der Waals surface area contributed by atoms with E-state index in [1.54, 1.807) is 6.07 Å². The summed E-state index contributed by atoms with van der Waals surface area (Å²) in [7, 11) is 0. The van der Waals surface area contributed by atoms with Gasteiger partial charge in [0.2, 0.25) is 0 Å². The van der Waals surface area contributed by atoms with Crippen LogP contribution in [-0.4, -0.2) is 47.6 Å². The molecule has 18 heavy (non-hydrogen) atoms. The molecule has 1 saturated heterocycles. The van der Waals surface area contributed by atoms with Gasteiger partial charge in [-0.3, -0.25) is 4.79 Å². The first-order valence-corrected chi connectivity index (χ1v) is 5.96. The monoisotopic (exact) mass is 252 g/mol. The van der Waals surface area contributed by atoms with Gasteiger partial charge in [0, 0.05) is 26.1 Å². The van der Waals surface area contributed by atoms with Crippen molar-refractivity contribution in [3.8, 4) is 0 Å². The summed E-state index contributed by atoms with van der Waals surface area (Å²) in [6, 6.07) is 0.785. The van der Waals surface area contributed by atoms with Crippen molar-refractivity contribution in [1.29, 1.82) is 0 Å². The fourth-order valence-electron chi connectivity index (χ4n) is 2.13. The first-order chi connectivity index (χ1) is 8.65. The molecule has 2 rings (SSSR count). The van der Waals surface area contributed by atoms with Gasteiger partial charge in [0.15, 0.2) is 0 Å². The van der Waals surface area contributed by atoms with E-state index in [4.69, 9.17) is 9.52 Å². The van der Waals surface area contributed by atoms with E-state index < -0.39 is 12.0 Å². The van der Waals surface area contributed by atoms with E-state index in [-0.39, 0.29) is 12.5 Å². The Balaban J connectivity index is 2.23. The number of carbonyl (C=O) groups excluding carboxylic acids is 1. The first-order valence-electron chi connectivity index (χ1n) is 5.96. The summed E-state index contributed by atoms with van der Waals surface area (Å²) in [5, 5.41) is 12.1. The predicted octanol–water partition coefficient (Wildman–Crippen LogP) is 0.341. The second-order valence-electron chi connectivity index (χ2n) is 4.17. The molecule has 1 amide bonds. The second-order valence-corrected chi connectivity index (χ2v) is 4.17. The van der Waals surface area contributed by atoms with Gasteiger partial charge in [-0.1, -0.05) is 6.92 Å². The van der Waals surface area contributed by atoms with E-state index >= 15 is 0 Å². The van der Waals surface area contributed by atoms with Crippen LogP contribution < -0.4 is 5.32 Å². The number of carboxylic acid groups (broad SMARTS) is 1. The zero-order valence-corrected chi connectivity index (χ0v) is 10.2. The Morgan fingerprint density at radius 1 is 1.61 bits per heavy atom. The molecule has 1 aliphatic heterocycles. The van der Waals surface area contributed by atoms with Crippen LogP contribution in [0.5, 0.6) is 0 Å². The minimum Gasteiger partial charge on any atom is -0.480 e. The summed E-state index contributed by atoms with van der Waals surface area (Å²) in [6.45, 7) is 3.17. The Hall–Kier alpha value is -1.82. The van der Waals surface area contributed by atoms with Crippen molar-refractivity contribution in [2.24, 2.45) is 0 Å². The van der Waals surface area contributed by atoms with Gasteiger partial charge in [0.05, 0.1) is 11.8 Å². The van der Waals surface area contributed by atoms with Crippen LogP contribution in [0.2, 0.25) is 0 Å². The second kappa shape index (κ2) is 5.22. The highest BCUT2D eigenvalue weighted by Crippen LogP contribution is 2.16. The zero-order chi connectivity index (χ0) is 13.1. The molecule has 1 aromatic rings. The van der Waals surface area contributed by atoms with Gasteiger partial charge in [0.1, 0.15) is 11.8 Å². The van der Waals surface area contributed by atoms with E-state index in [0.29, 0.717) is 30.8 Å². The molecule has 0 radical (unpaired) electrons. The maximum atomic E-state index is 12.3. The lowest BCUT2D eigenvalue weighted by Gasteiger charge is -2.33. The molecule has 6 nitrogen and oxygen atoms in total. The lowest BCUT2D eigenvalue weighted by molar-refractivity contribution is -0.142. The van der Waals surface area contributed by atoms with Crippen LogP contribution in [-0.2, 0) is 11.2 Å². The molecule has 1 aromatic heterocycles. The Morgan fingerprint density at radius 3 is 3.06 bits per heavy atom. The van der Waals surface area contributed by atoms with Crippen molar-refractivity contribution in [2.45, 2.75) is 19.4 Å². The normalized spacial score (nSPS) is 19.8. The van der Waals surface area contributed by atoms with Gasteiger partial charge in [-0.05, 0) is 6.07 Å². The SMILES string of the molecule is CCc1occc1C(=O)N1CCNCC1C(=O)O. The standard InChI is InChI=1S/C12H16N2O4/c1-2-10-8(3-6-18-10)11(15)14-5-4-13-7-9(14)12(16)17/h3,6,9,13H,2,4-5,7H2,1H3,(H,16,17). The molecule has 1 aliphatic rings. The molecular weight excluding hydrogens is 236 g/mol. The van der Waals surface area contributed by atoms with E-state index in [9.17, 15) is 9.59 Å². The average Bonchev–Trinajstić information content (AvgIpc) is 2.86. The Bertz CT molecular complexity index is 455. The quantitative estimate of drug-likeness (QED) is 0.810. The van der Waals surface area contributed by atoms with Crippen LogP contribution in [0.4, 0.5) is 0 Å². The fourth-order valence-corrected chi connectivity index (χ4v) is 2.13. The molecule has 0 aliphatic carbocycles. The van der Waals surface area contributed by atoms with Crippen molar-refractivity contribution in [3.05, 3.63) is 23.7 Å². The summed E-state index contributed by atoms with van der Waals surface area (Å²) in [5.74, 6) is -0.658. The summed E-state index contributed by atoms with van der Waals surface area (Å²) >= 11 is 0. The van der Waals surface area contributed by atoms with Crippen molar-refractivity contribution in [3.63, 3.8) is 0 Å². The van der Waals surface area contributed by atoms with Gasteiger partial charge < -0.3 is 19.7 Å². The number of carboxylic acids is 1. The van der Waals surface area contributed by atoms with Crippen LogP contribution in [0.1, 0.15) is 23.0 Å². The molecular formula is C12H16N2O4. The minimum absolute atomic E-state index is 0.269. The summed E-state index contributed by atoms with van der Waals surface area (Å²) in [4.78, 5) is 24.9. The molecule has 98 valence electrons. The molecule has 1 fully saturated rings. The molecule has 1 unspecified atom stereocenters. The number of hydrogen-bond donors (Lipinski definition) is 2. The number of hydrogen-bond acceptors (Lipinski definition) is 4. The number of nitrogens with one attached hydrogen (secondary N) is 1. The van der Waals surface area contributed by atoms with Crippen LogP contribution in [0.3, 0.4) is 0 Å². The number of carbonyl (C=O) groups is 2. The lowest BCUT2D eigenvalue weighted by atomic mass is 10.1. The molecule has 0 spiro atoms. The van der Waals surface area contributed by atoms with Crippen LogP contribution >= 0.6 is 0 Å². The Morgan fingerprint density at radius 2 is 2.39 bits per heavy atom. The van der Waals surface area contributed by atoms with E-state index in [0.717, 1.165) is 0 Å². The van der Waals surface area contributed by atoms with E-state index in [2.05, 4.69) is 5.32 Å². The van der Waals surface area contributed by atoms with Gasteiger partial charge in [-0.25, -0.2) is 4.79 Å². The molecule has 1 atom stereocenters. The van der Waals surface area contributed by atoms with Crippen molar-refractivity contribution in [2.75, 3.05) is 19.6 Å². The third-order valence-corrected chi connectivity index (χ3v) is 3.09. The zero-order valence-electron chi connectivity index (χ0n) is 10.2. The van der Waals surface area contributed by atoms with Gasteiger partial charge in [0.25, 0.3) is 5.91 Å². The largest absolute Gasteiger partial charge is 0.480 e. The maximum absolute atomic E-state index is 12.3. The number of nitrogens with zero attached hydrogens (tertiary/aromatic N) is 1. The third-order valence-electron chi connectivity index (χ3n) is 3.09. The highest BCUT2D eigenvalue weighted by atomic mass is 16.4. The molecule has 2 heterocycles. The molecule has 0 bridgehead atoms. The number of rotatable bonds is 3. The molecule has 2 N–H and O–H groups in total. The highest BCUT2D eigenvalue weighted by Gasteiger charge is 2.33. The number of aliphatic carboxylic acids is 1. The van der Waals surface area contributed by atoms with Crippen LogP contribution in [0.25, 0.3) is 0 Å². The summed E-state index contributed by atoms with van der Waals surface area (Å²) in [6.07, 6.45) is 2.07. The van der Waals surface area contributed by atoms with Crippen LogP contribution in [0, 0.1) is 0 Å². The smallest absolute Gasteiger partial charge is 0.327 e. The average molecular weight is 252 g/mol. The van der Waals surface area contributed by atoms with Gasteiger partial charge >= 0.3 is 5.97 Å². The number of furan rings is 1. The van der Waals surface area contributed by atoms with E-state index in [1.165, 1.54) is 11.2 Å². The summed E-state index contributed by atoms with van der Waals surface area (Å²) < 4.78 is 5.21.